The summed E-state index contributed by atoms with van der Waals surface area (Å²) in [5.41, 5.74) is -0.208. The molecule has 0 aliphatic heterocycles. The highest BCUT2D eigenvalue weighted by molar-refractivity contribution is 5.56. The third kappa shape index (κ3) is 4.21. The van der Waals surface area contributed by atoms with Gasteiger partial charge in [-0.05, 0) is 45.5 Å². The smallest absolute Gasteiger partial charge is 0.365 e. The van der Waals surface area contributed by atoms with Crippen LogP contribution < -0.4 is 10.6 Å². The summed E-state index contributed by atoms with van der Waals surface area (Å²) in [7, 11) is 3.87. The Hall–Kier alpha value is -2.42. The third-order valence-corrected chi connectivity index (χ3v) is 4.50. The Bertz CT molecular complexity index is 735. The van der Waals surface area contributed by atoms with E-state index in [0.717, 1.165) is 25.5 Å². The Kier molecular flexibility index (Phi) is 5.26. The van der Waals surface area contributed by atoms with Crippen LogP contribution >= 0.6 is 0 Å². The number of hydrogen-bond donors (Lipinski definition) is 2. The SMILES string of the molecule is CN(C)[C@@H]1CCC[C@H]1Nc1nc(Nc2ccncc2)ncc1C(F)(F)F. The zero-order valence-corrected chi connectivity index (χ0v) is 14.6. The lowest BCUT2D eigenvalue weighted by molar-refractivity contribution is -0.137. The molecule has 0 radical (unpaired) electrons. The molecular weight excluding hydrogens is 345 g/mol. The average Bonchev–Trinajstić information content (AvgIpc) is 3.03. The van der Waals surface area contributed by atoms with Crippen molar-refractivity contribution in [3.8, 4) is 0 Å². The molecule has 9 heteroatoms. The first-order chi connectivity index (χ1) is 12.3. The van der Waals surface area contributed by atoms with Crippen LogP contribution in [0, 0.1) is 0 Å². The number of nitrogens with zero attached hydrogens (tertiary/aromatic N) is 4. The van der Waals surface area contributed by atoms with Crippen molar-refractivity contribution in [1.29, 1.82) is 0 Å². The molecule has 6 nitrogen and oxygen atoms in total. The van der Waals surface area contributed by atoms with Gasteiger partial charge >= 0.3 is 6.18 Å². The van der Waals surface area contributed by atoms with Crippen molar-refractivity contribution in [3.63, 3.8) is 0 Å². The normalized spacial score (nSPS) is 20.4. The number of hydrogen-bond acceptors (Lipinski definition) is 6. The van der Waals surface area contributed by atoms with E-state index in [2.05, 4.69) is 25.6 Å². The Morgan fingerprint density at radius 2 is 1.88 bits per heavy atom. The van der Waals surface area contributed by atoms with Gasteiger partial charge in [0.25, 0.3) is 0 Å². The molecule has 2 aromatic heterocycles. The molecule has 1 aliphatic rings. The zero-order valence-electron chi connectivity index (χ0n) is 14.6. The van der Waals surface area contributed by atoms with Gasteiger partial charge in [0.2, 0.25) is 5.95 Å². The fourth-order valence-corrected chi connectivity index (χ4v) is 3.23. The molecular formula is C17H21F3N6. The van der Waals surface area contributed by atoms with Crippen molar-refractivity contribution in [2.45, 2.75) is 37.5 Å². The van der Waals surface area contributed by atoms with E-state index in [9.17, 15) is 13.2 Å². The summed E-state index contributed by atoms with van der Waals surface area (Å²) >= 11 is 0. The highest BCUT2D eigenvalue weighted by Gasteiger charge is 2.37. The molecule has 2 atom stereocenters. The zero-order chi connectivity index (χ0) is 18.7. The molecule has 2 aromatic rings. The molecule has 1 fully saturated rings. The number of anilines is 3. The molecule has 0 spiro atoms. The van der Waals surface area contributed by atoms with Gasteiger partial charge in [0.15, 0.2) is 0 Å². The van der Waals surface area contributed by atoms with E-state index in [4.69, 9.17) is 0 Å². The maximum atomic E-state index is 13.4. The van der Waals surface area contributed by atoms with Crippen LogP contribution in [0.25, 0.3) is 0 Å². The number of alkyl halides is 3. The second kappa shape index (κ2) is 7.45. The highest BCUT2D eigenvalue weighted by Crippen LogP contribution is 2.36. The van der Waals surface area contributed by atoms with Gasteiger partial charge in [-0.1, -0.05) is 0 Å². The number of likely N-dealkylation sites (N-methyl/N-ethyl adjacent to an activating group) is 1. The van der Waals surface area contributed by atoms with Crippen LogP contribution in [0.2, 0.25) is 0 Å². The van der Waals surface area contributed by atoms with Crippen molar-refractivity contribution < 1.29 is 13.2 Å². The standard InChI is InChI=1S/C17H21F3N6/c1-26(2)14-5-3-4-13(14)24-15-12(17(18,19)20)10-22-16(25-15)23-11-6-8-21-9-7-11/h6-10,13-14H,3-5H2,1-2H3,(H2,21,22,23,24,25)/t13-,14-/m1/s1. The lowest BCUT2D eigenvalue weighted by Gasteiger charge is -2.28. The molecule has 0 unspecified atom stereocenters. The van der Waals surface area contributed by atoms with Gasteiger partial charge in [-0.25, -0.2) is 4.98 Å². The molecule has 2 N–H and O–H groups in total. The van der Waals surface area contributed by atoms with Gasteiger partial charge in [0.05, 0.1) is 0 Å². The molecule has 140 valence electrons. The number of aromatic nitrogens is 3. The van der Waals surface area contributed by atoms with Gasteiger partial charge in [-0.15, -0.1) is 0 Å². The predicted octanol–water partition coefficient (Wildman–Crippen LogP) is 3.53. The van der Waals surface area contributed by atoms with E-state index in [1.807, 2.05) is 19.0 Å². The fourth-order valence-electron chi connectivity index (χ4n) is 3.23. The average molecular weight is 366 g/mol. The first-order valence-electron chi connectivity index (χ1n) is 8.39. The van der Waals surface area contributed by atoms with E-state index in [1.54, 1.807) is 24.5 Å². The van der Waals surface area contributed by atoms with Crippen molar-refractivity contribution >= 4 is 17.5 Å². The summed E-state index contributed by atoms with van der Waals surface area (Å²) < 4.78 is 40.1. The van der Waals surface area contributed by atoms with Gasteiger partial charge in [0, 0.05) is 36.4 Å². The monoisotopic (exact) mass is 366 g/mol. The molecule has 26 heavy (non-hydrogen) atoms. The summed E-state index contributed by atoms with van der Waals surface area (Å²) in [6.45, 7) is 0. The van der Waals surface area contributed by atoms with E-state index in [0.29, 0.717) is 5.69 Å². The van der Waals surface area contributed by atoms with Crippen molar-refractivity contribution in [2.75, 3.05) is 24.7 Å². The van der Waals surface area contributed by atoms with Crippen LogP contribution in [0.1, 0.15) is 24.8 Å². The van der Waals surface area contributed by atoms with Gasteiger partial charge in [0.1, 0.15) is 11.4 Å². The largest absolute Gasteiger partial charge is 0.421 e. The number of rotatable bonds is 5. The first-order valence-corrected chi connectivity index (χ1v) is 8.39. The summed E-state index contributed by atoms with van der Waals surface area (Å²) in [5, 5.41) is 5.91. The van der Waals surface area contributed by atoms with Gasteiger partial charge in [-0.2, -0.15) is 18.2 Å². The van der Waals surface area contributed by atoms with Crippen LogP contribution in [-0.4, -0.2) is 46.0 Å². The van der Waals surface area contributed by atoms with Crippen molar-refractivity contribution in [3.05, 3.63) is 36.3 Å². The number of nitrogens with one attached hydrogen (secondary N) is 2. The Morgan fingerprint density at radius 1 is 1.15 bits per heavy atom. The quantitative estimate of drug-likeness (QED) is 0.844. The molecule has 0 amide bonds. The highest BCUT2D eigenvalue weighted by atomic mass is 19.4. The van der Waals surface area contributed by atoms with Gasteiger partial charge < -0.3 is 15.5 Å². The minimum atomic E-state index is -4.52. The predicted molar refractivity (Wildman–Crippen MR) is 93.3 cm³/mol. The van der Waals surface area contributed by atoms with E-state index in [-0.39, 0.29) is 23.8 Å². The molecule has 1 saturated carbocycles. The maximum absolute atomic E-state index is 13.4. The lowest BCUT2D eigenvalue weighted by Crippen LogP contribution is -2.39. The van der Waals surface area contributed by atoms with Crippen molar-refractivity contribution in [1.82, 2.24) is 19.9 Å². The molecule has 0 bridgehead atoms. The van der Waals surface area contributed by atoms with Gasteiger partial charge in [-0.3, -0.25) is 4.98 Å². The Morgan fingerprint density at radius 3 is 2.54 bits per heavy atom. The molecule has 3 rings (SSSR count). The summed E-state index contributed by atoms with van der Waals surface area (Å²) in [6.07, 6.45) is 2.16. The summed E-state index contributed by atoms with van der Waals surface area (Å²) in [4.78, 5) is 13.9. The van der Waals surface area contributed by atoms with E-state index < -0.39 is 11.7 Å². The molecule has 2 heterocycles. The fraction of sp³-hybridized carbons (Fsp3) is 0.471. The minimum absolute atomic E-state index is 0.0882. The van der Waals surface area contributed by atoms with Crippen LogP contribution in [0.15, 0.2) is 30.7 Å². The van der Waals surface area contributed by atoms with E-state index >= 15 is 0 Å². The second-order valence-corrected chi connectivity index (χ2v) is 6.53. The first kappa shape index (κ1) is 18.4. The maximum Gasteiger partial charge on any atom is 0.421 e. The van der Waals surface area contributed by atoms with Crippen LogP contribution in [0.5, 0.6) is 0 Å². The van der Waals surface area contributed by atoms with E-state index in [1.165, 1.54) is 0 Å². The Balaban J connectivity index is 1.88. The van der Waals surface area contributed by atoms with Crippen LogP contribution in [0.4, 0.5) is 30.6 Å². The minimum Gasteiger partial charge on any atom is -0.365 e. The number of pyridine rings is 1. The Labute approximate surface area is 149 Å². The molecule has 0 saturated heterocycles. The molecule has 0 aromatic carbocycles. The summed E-state index contributed by atoms with van der Waals surface area (Å²) in [5.74, 6) is -0.0890. The number of halogens is 3. The summed E-state index contributed by atoms with van der Waals surface area (Å²) in [6, 6.07) is 3.46. The second-order valence-electron chi connectivity index (χ2n) is 6.53. The molecule has 1 aliphatic carbocycles. The third-order valence-electron chi connectivity index (χ3n) is 4.50. The van der Waals surface area contributed by atoms with Crippen molar-refractivity contribution in [2.24, 2.45) is 0 Å². The topological polar surface area (TPSA) is 66.0 Å². The van der Waals surface area contributed by atoms with Crippen LogP contribution in [0.3, 0.4) is 0 Å². The lowest BCUT2D eigenvalue weighted by atomic mass is 10.1. The van der Waals surface area contributed by atoms with Crippen LogP contribution in [-0.2, 0) is 6.18 Å².